The smallest absolute Gasteiger partial charge is 0.314 e. The maximum absolute atomic E-state index is 13.3. The third kappa shape index (κ3) is 6.74. The van der Waals surface area contributed by atoms with E-state index in [1.165, 1.54) is 49.1 Å². The largest absolute Gasteiger partial charge is 0.481 e. The molecule has 1 amide bonds. The molecule has 0 spiro atoms. The van der Waals surface area contributed by atoms with Crippen LogP contribution in [0.1, 0.15) is 65.5 Å². The van der Waals surface area contributed by atoms with Crippen LogP contribution in [0.3, 0.4) is 0 Å². The number of aliphatic carboxylic acids is 1. The molecule has 1 aliphatic heterocycles. The third-order valence-corrected chi connectivity index (χ3v) is 8.13. The SMILES string of the molecule is Cc1noc(-c2ccc(C(=O)N3CCC(C(=O)O)(c4ccc(F)cc4)CC3)cc2)n1.NC(CC1CC1)c1ccccc1. The van der Waals surface area contributed by atoms with E-state index >= 15 is 0 Å². The highest BCUT2D eigenvalue weighted by atomic mass is 19.1. The number of benzene rings is 3. The fourth-order valence-electron chi connectivity index (χ4n) is 5.39. The molecule has 4 aromatic rings. The summed E-state index contributed by atoms with van der Waals surface area (Å²) in [5.41, 5.74) is 7.97. The maximum Gasteiger partial charge on any atom is 0.314 e. The van der Waals surface area contributed by atoms with E-state index in [4.69, 9.17) is 10.3 Å². The molecule has 1 unspecified atom stereocenters. The fourth-order valence-corrected chi connectivity index (χ4v) is 5.39. The number of aryl methyl sites for hydroxylation is 1. The van der Waals surface area contributed by atoms with Gasteiger partial charge in [-0.2, -0.15) is 4.98 Å². The van der Waals surface area contributed by atoms with Crippen LogP contribution in [0, 0.1) is 18.7 Å². The molecule has 3 N–H and O–H groups in total. The number of carbonyl (C=O) groups is 2. The normalized spacial score (nSPS) is 16.7. The molecule has 1 atom stereocenters. The number of piperidine rings is 1. The molecule has 42 heavy (non-hydrogen) atoms. The van der Waals surface area contributed by atoms with Crippen LogP contribution in [0.2, 0.25) is 0 Å². The Hall–Kier alpha value is -4.37. The number of carbonyl (C=O) groups excluding carboxylic acids is 1. The van der Waals surface area contributed by atoms with Gasteiger partial charge in [-0.25, -0.2) is 4.39 Å². The number of hydrogen-bond donors (Lipinski definition) is 2. The average molecular weight is 571 g/mol. The molecular formula is C33H35FN4O4. The first kappa shape index (κ1) is 29.1. The highest BCUT2D eigenvalue weighted by Crippen LogP contribution is 2.37. The van der Waals surface area contributed by atoms with Crippen LogP contribution in [0.5, 0.6) is 0 Å². The van der Waals surface area contributed by atoms with Gasteiger partial charge in [0.1, 0.15) is 5.82 Å². The van der Waals surface area contributed by atoms with Gasteiger partial charge < -0.3 is 20.3 Å². The molecule has 2 aliphatic rings. The summed E-state index contributed by atoms with van der Waals surface area (Å²) in [7, 11) is 0. The minimum Gasteiger partial charge on any atom is -0.481 e. The Morgan fingerprint density at radius 3 is 2.21 bits per heavy atom. The van der Waals surface area contributed by atoms with E-state index in [2.05, 4.69) is 34.4 Å². The molecule has 3 aromatic carbocycles. The van der Waals surface area contributed by atoms with Gasteiger partial charge in [-0.05, 0) is 79.6 Å². The molecule has 2 heterocycles. The van der Waals surface area contributed by atoms with E-state index in [9.17, 15) is 19.1 Å². The van der Waals surface area contributed by atoms with Crippen LogP contribution in [0.15, 0.2) is 83.4 Å². The minimum atomic E-state index is -1.12. The van der Waals surface area contributed by atoms with Crippen molar-refractivity contribution in [3.8, 4) is 11.5 Å². The van der Waals surface area contributed by atoms with Crippen LogP contribution in [-0.2, 0) is 10.2 Å². The number of halogens is 1. The Kier molecular flexibility index (Phi) is 8.77. The Morgan fingerprint density at radius 2 is 1.67 bits per heavy atom. The second-order valence-corrected chi connectivity index (χ2v) is 11.1. The number of likely N-dealkylation sites (tertiary alicyclic amines) is 1. The molecule has 1 saturated heterocycles. The maximum atomic E-state index is 13.3. The number of carboxylic acid groups (broad SMARTS) is 1. The summed E-state index contributed by atoms with van der Waals surface area (Å²) in [6.45, 7) is 2.32. The van der Waals surface area contributed by atoms with Crippen LogP contribution < -0.4 is 5.73 Å². The van der Waals surface area contributed by atoms with Gasteiger partial charge in [0.2, 0.25) is 0 Å². The summed E-state index contributed by atoms with van der Waals surface area (Å²) < 4.78 is 18.4. The van der Waals surface area contributed by atoms with Crippen LogP contribution in [-0.4, -0.2) is 45.1 Å². The zero-order chi connectivity index (χ0) is 29.7. The second-order valence-electron chi connectivity index (χ2n) is 11.1. The third-order valence-electron chi connectivity index (χ3n) is 8.13. The molecule has 1 aliphatic carbocycles. The highest BCUT2D eigenvalue weighted by Gasteiger charge is 2.44. The van der Waals surface area contributed by atoms with E-state index in [1.54, 1.807) is 36.1 Å². The van der Waals surface area contributed by atoms with Crippen molar-refractivity contribution in [2.45, 2.75) is 50.5 Å². The number of carboxylic acids is 1. The van der Waals surface area contributed by atoms with Crippen molar-refractivity contribution >= 4 is 11.9 Å². The molecule has 1 saturated carbocycles. The zero-order valence-electron chi connectivity index (χ0n) is 23.6. The quantitative estimate of drug-likeness (QED) is 0.282. The summed E-state index contributed by atoms with van der Waals surface area (Å²) in [6.07, 6.45) is 4.48. The Morgan fingerprint density at radius 1 is 1.02 bits per heavy atom. The van der Waals surface area contributed by atoms with Gasteiger partial charge in [0, 0.05) is 30.3 Å². The lowest BCUT2D eigenvalue weighted by molar-refractivity contribution is -0.145. The van der Waals surface area contributed by atoms with Gasteiger partial charge in [-0.3, -0.25) is 9.59 Å². The number of hydrogen-bond acceptors (Lipinski definition) is 6. The molecule has 218 valence electrons. The second kappa shape index (κ2) is 12.7. The van der Waals surface area contributed by atoms with Crippen molar-refractivity contribution in [1.29, 1.82) is 0 Å². The molecule has 6 rings (SSSR count). The van der Waals surface area contributed by atoms with Gasteiger partial charge in [0.15, 0.2) is 5.82 Å². The zero-order valence-corrected chi connectivity index (χ0v) is 23.6. The van der Waals surface area contributed by atoms with E-state index < -0.39 is 17.2 Å². The molecular weight excluding hydrogens is 535 g/mol. The predicted molar refractivity (Wildman–Crippen MR) is 156 cm³/mol. The molecule has 8 nitrogen and oxygen atoms in total. The molecule has 0 bridgehead atoms. The van der Waals surface area contributed by atoms with Crippen LogP contribution in [0.25, 0.3) is 11.5 Å². The number of aromatic nitrogens is 2. The predicted octanol–water partition coefficient (Wildman–Crippen LogP) is 5.93. The van der Waals surface area contributed by atoms with Crippen molar-refractivity contribution in [3.05, 3.63) is 107 Å². The minimum absolute atomic E-state index is 0.165. The van der Waals surface area contributed by atoms with Crippen molar-refractivity contribution in [2.24, 2.45) is 11.7 Å². The average Bonchev–Trinajstić information content (AvgIpc) is 3.73. The summed E-state index contributed by atoms with van der Waals surface area (Å²) in [6, 6.07) is 23.1. The van der Waals surface area contributed by atoms with Crippen LogP contribution in [0.4, 0.5) is 4.39 Å². The fraction of sp³-hybridized carbons (Fsp3) is 0.333. The number of nitrogens with two attached hydrogens (primary N) is 1. The van der Waals surface area contributed by atoms with E-state index in [0.717, 1.165) is 5.92 Å². The molecule has 2 fully saturated rings. The van der Waals surface area contributed by atoms with Crippen molar-refractivity contribution in [3.63, 3.8) is 0 Å². The lowest BCUT2D eigenvalue weighted by atomic mass is 9.72. The van der Waals surface area contributed by atoms with Crippen molar-refractivity contribution in [1.82, 2.24) is 15.0 Å². The summed E-state index contributed by atoms with van der Waals surface area (Å²) in [4.78, 5) is 30.8. The summed E-state index contributed by atoms with van der Waals surface area (Å²) >= 11 is 0. The summed E-state index contributed by atoms with van der Waals surface area (Å²) in [5.74, 6) is 0.296. The number of nitrogens with zero attached hydrogens (tertiary/aromatic N) is 3. The first-order chi connectivity index (χ1) is 20.2. The van der Waals surface area contributed by atoms with Gasteiger partial charge in [0.25, 0.3) is 11.8 Å². The Labute approximate surface area is 244 Å². The number of rotatable bonds is 7. The lowest BCUT2D eigenvalue weighted by Crippen LogP contribution is -2.49. The van der Waals surface area contributed by atoms with Gasteiger partial charge in [-0.1, -0.05) is 60.5 Å². The number of amides is 1. The first-order valence-electron chi connectivity index (χ1n) is 14.2. The van der Waals surface area contributed by atoms with Crippen molar-refractivity contribution in [2.75, 3.05) is 13.1 Å². The molecule has 1 aromatic heterocycles. The Balaban J connectivity index is 0.000000244. The monoisotopic (exact) mass is 570 g/mol. The highest BCUT2D eigenvalue weighted by molar-refractivity contribution is 5.95. The van der Waals surface area contributed by atoms with E-state index in [1.807, 2.05) is 6.07 Å². The molecule has 9 heteroatoms. The van der Waals surface area contributed by atoms with E-state index in [-0.39, 0.29) is 24.8 Å². The van der Waals surface area contributed by atoms with E-state index in [0.29, 0.717) is 41.5 Å². The van der Waals surface area contributed by atoms with Crippen LogP contribution >= 0.6 is 0 Å². The van der Waals surface area contributed by atoms with Gasteiger partial charge in [0.05, 0.1) is 5.41 Å². The molecule has 0 radical (unpaired) electrons. The van der Waals surface area contributed by atoms with Gasteiger partial charge >= 0.3 is 5.97 Å². The lowest BCUT2D eigenvalue weighted by Gasteiger charge is -2.39. The first-order valence-corrected chi connectivity index (χ1v) is 14.2. The standard InChI is InChI=1S/C22H20FN3O4.C11H15N/c1-14-24-19(30-25-14)15-2-4-16(5-3-15)20(27)26-12-10-22(11-13-26,21(28)29)17-6-8-18(23)9-7-17;12-11(8-9-6-7-9)10-4-2-1-3-5-10/h2-9H,10-13H2,1H3,(H,28,29);1-5,9,11H,6-8,12H2. The van der Waals surface area contributed by atoms with Gasteiger partial charge in [-0.15, -0.1) is 0 Å². The van der Waals surface area contributed by atoms with Crippen molar-refractivity contribution < 1.29 is 23.6 Å². The Bertz CT molecular complexity index is 1490. The topological polar surface area (TPSA) is 123 Å². The summed E-state index contributed by atoms with van der Waals surface area (Å²) in [5, 5.41) is 13.6.